The fraction of sp³-hybridized carbons (Fsp3) is 0. The van der Waals surface area contributed by atoms with Crippen molar-refractivity contribution in [1.82, 2.24) is 14.6 Å². The molecule has 1 aromatic carbocycles. The van der Waals surface area contributed by atoms with Gasteiger partial charge in [0.1, 0.15) is 0 Å². The van der Waals surface area contributed by atoms with Crippen LogP contribution >= 0.6 is 0 Å². The average Bonchev–Trinajstić information content (AvgIpc) is 2.76. The van der Waals surface area contributed by atoms with E-state index in [0.717, 1.165) is 5.56 Å². The number of rotatable bonds is 1. The van der Waals surface area contributed by atoms with Gasteiger partial charge in [0.05, 0.1) is 0 Å². The molecule has 0 radical (unpaired) electrons. The van der Waals surface area contributed by atoms with E-state index in [-0.39, 0.29) is 0 Å². The number of aromatic nitrogens is 3. The Labute approximate surface area is 91.2 Å². The van der Waals surface area contributed by atoms with Crippen molar-refractivity contribution < 1.29 is 4.39 Å². The molecule has 0 saturated carbocycles. The average molecular weight is 213 g/mol. The highest BCUT2D eigenvalue weighted by molar-refractivity contribution is 5.57. The van der Waals surface area contributed by atoms with Gasteiger partial charge in [0.15, 0.2) is 11.5 Å². The van der Waals surface area contributed by atoms with Crippen molar-refractivity contribution in [3.8, 4) is 11.4 Å². The summed E-state index contributed by atoms with van der Waals surface area (Å²) in [5.74, 6) is 0.123. The number of benzene rings is 1. The van der Waals surface area contributed by atoms with Gasteiger partial charge in [-0.1, -0.05) is 36.4 Å². The molecule has 3 aromatic rings. The van der Waals surface area contributed by atoms with E-state index < -0.39 is 5.95 Å². The SMILES string of the molecule is Fc1cccc2nc(-c3ccccc3)nn12. The molecule has 0 saturated heterocycles. The maximum absolute atomic E-state index is 13.4. The Kier molecular flexibility index (Phi) is 1.93. The lowest BCUT2D eigenvalue weighted by molar-refractivity contribution is 0.545. The van der Waals surface area contributed by atoms with Crippen LogP contribution < -0.4 is 0 Å². The highest BCUT2D eigenvalue weighted by atomic mass is 19.1. The summed E-state index contributed by atoms with van der Waals surface area (Å²) in [6, 6.07) is 14.2. The van der Waals surface area contributed by atoms with Crippen LogP contribution in [-0.2, 0) is 0 Å². The molecule has 16 heavy (non-hydrogen) atoms. The van der Waals surface area contributed by atoms with Gasteiger partial charge in [-0.2, -0.15) is 8.91 Å². The van der Waals surface area contributed by atoms with Crippen molar-refractivity contribution in [3.63, 3.8) is 0 Å². The second-order valence-corrected chi connectivity index (χ2v) is 3.42. The van der Waals surface area contributed by atoms with Crippen LogP contribution in [0.15, 0.2) is 48.5 Å². The highest BCUT2D eigenvalue weighted by Gasteiger charge is 2.07. The topological polar surface area (TPSA) is 30.2 Å². The molecule has 0 aliphatic heterocycles. The number of pyridine rings is 1. The maximum Gasteiger partial charge on any atom is 0.216 e. The van der Waals surface area contributed by atoms with Crippen LogP contribution in [0.2, 0.25) is 0 Å². The Morgan fingerprint density at radius 3 is 2.50 bits per heavy atom. The third kappa shape index (κ3) is 1.35. The largest absolute Gasteiger partial charge is 0.216 e. The molecule has 0 N–H and O–H groups in total. The van der Waals surface area contributed by atoms with E-state index in [1.54, 1.807) is 12.1 Å². The van der Waals surface area contributed by atoms with Gasteiger partial charge in [-0.3, -0.25) is 0 Å². The van der Waals surface area contributed by atoms with Crippen LogP contribution in [0.1, 0.15) is 0 Å². The third-order valence-corrected chi connectivity index (χ3v) is 2.35. The monoisotopic (exact) mass is 213 g/mol. The molecule has 3 nitrogen and oxygen atoms in total. The van der Waals surface area contributed by atoms with Crippen molar-refractivity contribution in [2.45, 2.75) is 0 Å². The minimum Gasteiger partial charge on any atom is -0.207 e. The van der Waals surface area contributed by atoms with Crippen LogP contribution in [0.4, 0.5) is 4.39 Å². The molecule has 0 fully saturated rings. The molecule has 0 unspecified atom stereocenters. The smallest absolute Gasteiger partial charge is 0.207 e. The minimum absolute atomic E-state index is 0.410. The second kappa shape index (κ2) is 3.41. The van der Waals surface area contributed by atoms with E-state index in [4.69, 9.17) is 0 Å². The Morgan fingerprint density at radius 1 is 0.938 bits per heavy atom. The van der Waals surface area contributed by atoms with E-state index in [9.17, 15) is 4.39 Å². The molecule has 78 valence electrons. The van der Waals surface area contributed by atoms with Crippen LogP contribution in [0.25, 0.3) is 17.0 Å². The molecule has 2 aromatic heterocycles. The number of hydrogen-bond acceptors (Lipinski definition) is 2. The van der Waals surface area contributed by atoms with E-state index >= 15 is 0 Å². The lowest BCUT2D eigenvalue weighted by Gasteiger charge is -1.91. The van der Waals surface area contributed by atoms with Crippen molar-refractivity contribution in [2.75, 3.05) is 0 Å². The fourth-order valence-electron chi connectivity index (χ4n) is 1.58. The molecule has 0 amide bonds. The number of fused-ring (bicyclic) bond motifs is 1. The molecule has 0 aliphatic rings. The molecule has 0 atom stereocenters. The number of nitrogens with zero attached hydrogens (tertiary/aromatic N) is 3. The van der Waals surface area contributed by atoms with E-state index in [1.165, 1.54) is 10.6 Å². The van der Waals surface area contributed by atoms with Crippen molar-refractivity contribution in [2.24, 2.45) is 0 Å². The van der Waals surface area contributed by atoms with Gasteiger partial charge in [-0.05, 0) is 12.1 Å². The summed E-state index contributed by atoms with van der Waals surface area (Å²) < 4.78 is 14.6. The molecule has 3 rings (SSSR count). The van der Waals surface area contributed by atoms with Gasteiger partial charge >= 0.3 is 0 Å². The van der Waals surface area contributed by atoms with Gasteiger partial charge in [0.25, 0.3) is 0 Å². The van der Waals surface area contributed by atoms with E-state index in [2.05, 4.69) is 10.1 Å². The first kappa shape index (κ1) is 9.03. The summed E-state index contributed by atoms with van der Waals surface area (Å²) in [5, 5.41) is 4.11. The third-order valence-electron chi connectivity index (χ3n) is 2.35. The number of hydrogen-bond donors (Lipinski definition) is 0. The Hall–Kier alpha value is -2.23. The van der Waals surface area contributed by atoms with E-state index in [0.29, 0.717) is 11.5 Å². The van der Waals surface area contributed by atoms with Gasteiger partial charge in [-0.25, -0.2) is 4.98 Å². The van der Waals surface area contributed by atoms with Gasteiger partial charge < -0.3 is 0 Å². The zero-order valence-electron chi connectivity index (χ0n) is 8.34. The number of halogens is 1. The van der Waals surface area contributed by atoms with Crippen molar-refractivity contribution in [3.05, 3.63) is 54.5 Å². The molecule has 0 spiro atoms. The lowest BCUT2D eigenvalue weighted by Crippen LogP contribution is -1.92. The zero-order chi connectivity index (χ0) is 11.0. The first-order chi connectivity index (χ1) is 7.84. The molecular weight excluding hydrogens is 205 g/mol. The predicted molar refractivity (Wildman–Crippen MR) is 58.4 cm³/mol. The summed E-state index contributed by atoms with van der Waals surface area (Å²) >= 11 is 0. The second-order valence-electron chi connectivity index (χ2n) is 3.42. The zero-order valence-corrected chi connectivity index (χ0v) is 8.34. The van der Waals surface area contributed by atoms with Crippen LogP contribution in [0, 0.1) is 5.95 Å². The highest BCUT2D eigenvalue weighted by Crippen LogP contribution is 2.15. The van der Waals surface area contributed by atoms with Crippen LogP contribution in [-0.4, -0.2) is 14.6 Å². The van der Waals surface area contributed by atoms with E-state index in [1.807, 2.05) is 30.3 Å². The van der Waals surface area contributed by atoms with Crippen molar-refractivity contribution in [1.29, 1.82) is 0 Å². The quantitative estimate of drug-likeness (QED) is 0.581. The molecular formula is C12H8FN3. The Balaban J connectivity index is 2.23. The summed E-state index contributed by atoms with van der Waals surface area (Å²) in [6.45, 7) is 0. The summed E-state index contributed by atoms with van der Waals surface area (Å²) in [6.07, 6.45) is 0. The predicted octanol–water partition coefficient (Wildman–Crippen LogP) is 2.54. The molecule has 0 aliphatic carbocycles. The van der Waals surface area contributed by atoms with Gasteiger partial charge in [-0.15, -0.1) is 5.10 Å². The van der Waals surface area contributed by atoms with Crippen molar-refractivity contribution >= 4 is 5.65 Å². The summed E-state index contributed by atoms with van der Waals surface area (Å²) in [7, 11) is 0. The van der Waals surface area contributed by atoms with Crippen LogP contribution in [0.5, 0.6) is 0 Å². The molecule has 0 bridgehead atoms. The normalized spacial score (nSPS) is 10.8. The van der Waals surface area contributed by atoms with Gasteiger partial charge in [0, 0.05) is 5.56 Å². The minimum atomic E-state index is -0.410. The fourth-order valence-corrected chi connectivity index (χ4v) is 1.58. The summed E-state index contributed by atoms with van der Waals surface area (Å²) in [4.78, 5) is 4.26. The Bertz CT molecular complexity index is 631. The standard InChI is InChI=1S/C12H8FN3/c13-10-7-4-8-11-14-12(15-16(10)11)9-5-2-1-3-6-9/h1-8H. The van der Waals surface area contributed by atoms with Crippen LogP contribution in [0.3, 0.4) is 0 Å². The lowest BCUT2D eigenvalue weighted by atomic mass is 10.2. The maximum atomic E-state index is 13.4. The Morgan fingerprint density at radius 2 is 1.75 bits per heavy atom. The van der Waals surface area contributed by atoms with Gasteiger partial charge in [0.2, 0.25) is 5.95 Å². The first-order valence-corrected chi connectivity index (χ1v) is 4.91. The molecule has 2 heterocycles. The molecule has 4 heteroatoms. The summed E-state index contributed by atoms with van der Waals surface area (Å²) in [5.41, 5.74) is 1.39. The first-order valence-electron chi connectivity index (χ1n) is 4.91.